The van der Waals surface area contributed by atoms with Gasteiger partial charge in [0.25, 0.3) is 0 Å². The minimum Gasteiger partial charge on any atom is -0.465 e. The van der Waals surface area contributed by atoms with E-state index in [4.69, 9.17) is 21.1 Å². The molecule has 1 N–H and O–H groups in total. The highest BCUT2D eigenvalue weighted by Crippen LogP contribution is 2.37. The summed E-state index contributed by atoms with van der Waals surface area (Å²) in [5.74, 6) is -0.463. The summed E-state index contributed by atoms with van der Waals surface area (Å²) in [6.07, 6.45) is 1.88. The first kappa shape index (κ1) is 18.2. The van der Waals surface area contributed by atoms with Gasteiger partial charge in [-0.3, -0.25) is 0 Å². The third-order valence-electron chi connectivity index (χ3n) is 4.70. The van der Waals surface area contributed by atoms with E-state index in [0.717, 1.165) is 26.1 Å². The molecule has 7 heteroatoms. The van der Waals surface area contributed by atoms with Crippen molar-refractivity contribution >= 4 is 34.0 Å². The number of thiazole rings is 1. The predicted molar refractivity (Wildman–Crippen MR) is 99.9 cm³/mol. The molecule has 0 saturated carbocycles. The molecule has 134 valence electrons. The Bertz CT molecular complexity index is 757. The van der Waals surface area contributed by atoms with Crippen molar-refractivity contribution in [3.8, 4) is 0 Å². The molecule has 0 atom stereocenters. The average Bonchev–Trinajstić information content (AvgIpc) is 3.01. The number of aryl methyl sites for hydroxylation is 1. The lowest BCUT2D eigenvalue weighted by Gasteiger charge is -2.39. The van der Waals surface area contributed by atoms with E-state index >= 15 is 0 Å². The van der Waals surface area contributed by atoms with E-state index in [9.17, 15) is 4.79 Å². The number of carbonyl (C=O) groups excluding carboxylic acids is 1. The largest absolute Gasteiger partial charge is 0.465 e. The van der Waals surface area contributed by atoms with Crippen LogP contribution in [-0.4, -0.2) is 37.8 Å². The van der Waals surface area contributed by atoms with Gasteiger partial charge >= 0.3 is 5.97 Å². The molecule has 1 aromatic heterocycles. The number of hydrogen-bond donors (Lipinski definition) is 1. The zero-order chi connectivity index (χ0) is 17.9. The summed E-state index contributed by atoms with van der Waals surface area (Å²) < 4.78 is 10.3. The van der Waals surface area contributed by atoms with Crippen LogP contribution < -0.4 is 5.32 Å². The van der Waals surface area contributed by atoms with E-state index in [-0.39, 0.29) is 10.6 Å². The molecule has 1 aliphatic rings. The summed E-state index contributed by atoms with van der Waals surface area (Å²) >= 11 is 7.27. The second kappa shape index (κ2) is 7.72. The Morgan fingerprint density at radius 3 is 2.80 bits per heavy atom. The van der Waals surface area contributed by atoms with Gasteiger partial charge in [0.15, 0.2) is 15.2 Å². The third-order valence-corrected chi connectivity index (χ3v) is 6.08. The quantitative estimate of drug-likeness (QED) is 0.793. The van der Waals surface area contributed by atoms with Crippen LogP contribution in [-0.2, 0) is 14.9 Å². The molecular formula is C18H21ClN2O3S. The average molecular weight is 381 g/mol. The van der Waals surface area contributed by atoms with Crippen molar-refractivity contribution in [2.75, 3.05) is 32.2 Å². The highest BCUT2D eigenvalue weighted by atomic mass is 35.5. The van der Waals surface area contributed by atoms with Gasteiger partial charge < -0.3 is 14.8 Å². The fourth-order valence-corrected chi connectivity index (χ4v) is 4.41. The highest BCUT2D eigenvalue weighted by Gasteiger charge is 2.35. The number of esters is 1. The maximum absolute atomic E-state index is 11.7. The summed E-state index contributed by atoms with van der Waals surface area (Å²) in [4.78, 5) is 16.3. The first-order valence-corrected chi connectivity index (χ1v) is 9.37. The van der Waals surface area contributed by atoms with Gasteiger partial charge in [-0.2, -0.15) is 0 Å². The van der Waals surface area contributed by atoms with Crippen LogP contribution in [0.2, 0.25) is 5.15 Å². The first-order chi connectivity index (χ1) is 12.1. The summed E-state index contributed by atoms with van der Waals surface area (Å²) in [5, 5.41) is 4.19. The zero-order valence-electron chi connectivity index (χ0n) is 14.3. The van der Waals surface area contributed by atoms with Crippen molar-refractivity contribution in [1.29, 1.82) is 0 Å². The number of carbonyl (C=O) groups is 1. The molecule has 1 aliphatic heterocycles. The van der Waals surface area contributed by atoms with Crippen LogP contribution in [0.25, 0.3) is 0 Å². The van der Waals surface area contributed by atoms with E-state index in [0.29, 0.717) is 16.6 Å². The second-order valence-electron chi connectivity index (χ2n) is 6.19. The van der Waals surface area contributed by atoms with E-state index in [1.165, 1.54) is 29.6 Å². The van der Waals surface area contributed by atoms with Crippen molar-refractivity contribution in [1.82, 2.24) is 4.98 Å². The Morgan fingerprint density at radius 2 is 2.12 bits per heavy atom. The van der Waals surface area contributed by atoms with E-state index < -0.39 is 5.97 Å². The predicted octanol–water partition coefficient (Wildman–Crippen LogP) is 4.05. The number of rotatable bonds is 5. The maximum atomic E-state index is 11.7. The van der Waals surface area contributed by atoms with E-state index in [1.807, 2.05) is 0 Å². The summed E-state index contributed by atoms with van der Waals surface area (Å²) in [7, 11) is 1.33. The molecule has 3 rings (SSSR count). The molecule has 2 aromatic rings. The molecule has 0 amide bonds. The summed E-state index contributed by atoms with van der Waals surface area (Å²) in [6.45, 7) is 4.33. The molecule has 0 radical (unpaired) electrons. The molecule has 1 saturated heterocycles. The van der Waals surface area contributed by atoms with Crippen LogP contribution in [0.5, 0.6) is 0 Å². The number of methoxy groups -OCH3 is 1. The third kappa shape index (κ3) is 3.81. The minimum absolute atomic E-state index is 0.0207. The molecule has 2 heterocycles. The van der Waals surface area contributed by atoms with Gasteiger partial charge in [-0.1, -0.05) is 47.2 Å². The fraction of sp³-hybridized carbons (Fsp3) is 0.444. The van der Waals surface area contributed by atoms with Gasteiger partial charge in [-0.05, 0) is 30.9 Å². The number of halogens is 1. The van der Waals surface area contributed by atoms with Crippen LogP contribution in [0, 0.1) is 6.92 Å². The van der Waals surface area contributed by atoms with Crippen LogP contribution in [0.1, 0.15) is 33.6 Å². The standard InChI is InChI=1S/C18H21ClN2O3S/c1-12-5-3-4-6-13(12)18(7-9-24-10-8-18)11-20-17-21-15(19)14(25-17)16(22)23-2/h3-6H,7-11H2,1-2H3,(H,20,21). The van der Waals surface area contributed by atoms with Crippen molar-refractivity contribution in [3.63, 3.8) is 0 Å². The number of aromatic nitrogens is 1. The number of anilines is 1. The van der Waals surface area contributed by atoms with Gasteiger partial charge in [0.1, 0.15) is 0 Å². The Balaban J connectivity index is 1.83. The first-order valence-electron chi connectivity index (χ1n) is 8.18. The minimum atomic E-state index is -0.463. The summed E-state index contributed by atoms with van der Waals surface area (Å²) in [6, 6.07) is 8.47. The van der Waals surface area contributed by atoms with Gasteiger partial charge in [-0.15, -0.1) is 0 Å². The van der Waals surface area contributed by atoms with Gasteiger partial charge in [-0.25, -0.2) is 9.78 Å². The van der Waals surface area contributed by atoms with Crippen LogP contribution in [0.15, 0.2) is 24.3 Å². The topological polar surface area (TPSA) is 60.5 Å². The molecule has 0 unspecified atom stereocenters. The molecule has 5 nitrogen and oxygen atoms in total. The maximum Gasteiger partial charge on any atom is 0.351 e. The molecular weight excluding hydrogens is 360 g/mol. The van der Waals surface area contributed by atoms with Crippen molar-refractivity contribution < 1.29 is 14.3 Å². The molecule has 0 spiro atoms. The number of benzene rings is 1. The van der Waals surface area contributed by atoms with Gasteiger partial charge in [0.2, 0.25) is 0 Å². The smallest absolute Gasteiger partial charge is 0.351 e. The second-order valence-corrected chi connectivity index (χ2v) is 7.55. The highest BCUT2D eigenvalue weighted by molar-refractivity contribution is 7.18. The Hall–Kier alpha value is -1.63. The Kier molecular flexibility index (Phi) is 5.61. The normalized spacial score (nSPS) is 16.4. The lowest BCUT2D eigenvalue weighted by Crippen LogP contribution is -2.40. The monoisotopic (exact) mass is 380 g/mol. The van der Waals surface area contributed by atoms with E-state index in [1.54, 1.807) is 0 Å². The molecule has 1 aromatic carbocycles. The fourth-order valence-electron chi connectivity index (χ4n) is 3.31. The van der Waals surface area contributed by atoms with E-state index in [2.05, 4.69) is 41.5 Å². The van der Waals surface area contributed by atoms with Crippen LogP contribution in [0.3, 0.4) is 0 Å². The van der Waals surface area contributed by atoms with Crippen molar-refractivity contribution in [2.24, 2.45) is 0 Å². The molecule has 1 fully saturated rings. The van der Waals surface area contributed by atoms with Gasteiger partial charge in [0, 0.05) is 25.2 Å². The lowest BCUT2D eigenvalue weighted by atomic mass is 9.72. The number of hydrogen-bond acceptors (Lipinski definition) is 6. The number of nitrogens with one attached hydrogen (secondary N) is 1. The van der Waals surface area contributed by atoms with Crippen molar-refractivity contribution in [2.45, 2.75) is 25.2 Å². The van der Waals surface area contributed by atoms with Crippen molar-refractivity contribution in [3.05, 3.63) is 45.4 Å². The number of nitrogens with zero attached hydrogens (tertiary/aromatic N) is 1. The van der Waals surface area contributed by atoms with Crippen LogP contribution in [0.4, 0.5) is 5.13 Å². The Labute approximate surface area is 156 Å². The zero-order valence-corrected chi connectivity index (χ0v) is 15.9. The molecule has 0 aliphatic carbocycles. The van der Waals surface area contributed by atoms with Gasteiger partial charge in [0.05, 0.1) is 7.11 Å². The molecule has 0 bridgehead atoms. The number of ether oxygens (including phenoxy) is 2. The van der Waals surface area contributed by atoms with Crippen LogP contribution >= 0.6 is 22.9 Å². The summed E-state index contributed by atoms with van der Waals surface area (Å²) in [5.41, 5.74) is 2.59. The lowest BCUT2D eigenvalue weighted by molar-refractivity contribution is 0.0542. The SMILES string of the molecule is COC(=O)c1sc(NCC2(c3ccccc3C)CCOCC2)nc1Cl. The Morgan fingerprint density at radius 1 is 1.40 bits per heavy atom. The molecule has 25 heavy (non-hydrogen) atoms.